The van der Waals surface area contributed by atoms with E-state index in [1.807, 2.05) is 13.8 Å². The molecular weight excluding hydrogens is 434 g/mol. The van der Waals surface area contributed by atoms with Crippen LogP contribution in [-0.4, -0.2) is 22.5 Å². The normalized spacial score (nSPS) is 10.4. The number of benzene rings is 2. The molecule has 0 aliphatic carbocycles. The van der Waals surface area contributed by atoms with Crippen LogP contribution < -0.4 is 15.4 Å². The highest BCUT2D eigenvalue weighted by molar-refractivity contribution is 9.10. The zero-order valence-corrected chi connectivity index (χ0v) is 17.1. The Morgan fingerprint density at radius 1 is 1.30 bits per heavy atom. The summed E-state index contributed by atoms with van der Waals surface area (Å²) in [5.74, 6) is 0.307. The second kappa shape index (κ2) is 9.43. The van der Waals surface area contributed by atoms with Crippen LogP contribution in [0.15, 0.2) is 46.9 Å². The van der Waals surface area contributed by atoms with Crippen LogP contribution >= 0.6 is 28.1 Å². The summed E-state index contributed by atoms with van der Waals surface area (Å²) in [5, 5.41) is 16.2. The molecule has 2 aromatic rings. The number of non-ortho nitro benzene ring substituents is 1. The molecule has 2 rings (SSSR count). The van der Waals surface area contributed by atoms with E-state index >= 15 is 0 Å². The number of carbonyl (C=O) groups excluding carboxylic acids is 1. The monoisotopic (exact) mass is 451 g/mol. The van der Waals surface area contributed by atoms with E-state index in [2.05, 4.69) is 26.6 Å². The van der Waals surface area contributed by atoms with Crippen molar-refractivity contribution in [3.8, 4) is 5.75 Å². The van der Waals surface area contributed by atoms with E-state index in [9.17, 15) is 14.9 Å². The molecule has 0 radical (unpaired) electrons. The maximum atomic E-state index is 12.6. The summed E-state index contributed by atoms with van der Waals surface area (Å²) in [4.78, 5) is 22.9. The number of hydrogen-bond acceptors (Lipinski definition) is 5. The second-order valence-corrected chi connectivity index (χ2v) is 7.38. The highest BCUT2D eigenvalue weighted by Gasteiger charge is 2.16. The first kappa shape index (κ1) is 20.8. The van der Waals surface area contributed by atoms with Gasteiger partial charge in [0.2, 0.25) is 0 Å². The van der Waals surface area contributed by atoms with Gasteiger partial charge in [0.25, 0.3) is 11.6 Å². The zero-order chi connectivity index (χ0) is 20.0. The molecule has 142 valence electrons. The van der Waals surface area contributed by atoms with E-state index in [0.717, 1.165) is 4.47 Å². The summed E-state index contributed by atoms with van der Waals surface area (Å²) in [6.45, 7) is 4.49. The molecule has 7 nitrogen and oxygen atoms in total. The second-order valence-electron chi connectivity index (χ2n) is 6.06. The number of nitrogens with one attached hydrogen (secondary N) is 2. The number of anilines is 1. The van der Waals surface area contributed by atoms with Gasteiger partial charge >= 0.3 is 0 Å². The van der Waals surface area contributed by atoms with Gasteiger partial charge in [0.1, 0.15) is 5.75 Å². The Labute approximate surface area is 170 Å². The molecular formula is C18H18BrN3O4S. The zero-order valence-electron chi connectivity index (χ0n) is 14.7. The molecule has 0 bridgehead atoms. The molecule has 0 unspecified atom stereocenters. The molecule has 9 heteroatoms. The quantitative estimate of drug-likeness (QED) is 0.380. The van der Waals surface area contributed by atoms with E-state index in [0.29, 0.717) is 29.5 Å². The van der Waals surface area contributed by atoms with E-state index in [1.165, 1.54) is 18.2 Å². The number of ether oxygens (including phenoxy) is 1. The van der Waals surface area contributed by atoms with Crippen molar-refractivity contribution < 1.29 is 14.5 Å². The number of carbonyl (C=O) groups is 1. The van der Waals surface area contributed by atoms with Gasteiger partial charge in [0, 0.05) is 22.3 Å². The van der Waals surface area contributed by atoms with E-state index in [-0.39, 0.29) is 10.8 Å². The third kappa shape index (κ3) is 6.30. The Bertz CT molecular complexity index is 873. The molecule has 0 heterocycles. The van der Waals surface area contributed by atoms with Gasteiger partial charge in [0.05, 0.1) is 17.1 Å². The fourth-order valence-corrected chi connectivity index (χ4v) is 2.66. The van der Waals surface area contributed by atoms with Crippen molar-refractivity contribution in [2.45, 2.75) is 13.8 Å². The summed E-state index contributed by atoms with van der Waals surface area (Å²) in [7, 11) is 0. The average Bonchev–Trinajstić information content (AvgIpc) is 2.60. The maximum absolute atomic E-state index is 12.6. The molecule has 0 aliphatic rings. The number of rotatable bonds is 6. The van der Waals surface area contributed by atoms with Crippen LogP contribution in [0, 0.1) is 16.0 Å². The van der Waals surface area contributed by atoms with Crippen molar-refractivity contribution in [1.82, 2.24) is 5.32 Å². The van der Waals surface area contributed by atoms with Gasteiger partial charge in [0.15, 0.2) is 5.11 Å². The maximum Gasteiger partial charge on any atom is 0.271 e. The highest BCUT2D eigenvalue weighted by Crippen LogP contribution is 2.24. The largest absolute Gasteiger partial charge is 0.492 e. The van der Waals surface area contributed by atoms with Crippen LogP contribution in [0.2, 0.25) is 0 Å². The molecule has 2 aromatic carbocycles. The lowest BCUT2D eigenvalue weighted by atomic mass is 10.2. The van der Waals surface area contributed by atoms with Gasteiger partial charge < -0.3 is 10.1 Å². The minimum atomic E-state index is -0.507. The minimum Gasteiger partial charge on any atom is -0.492 e. The SMILES string of the molecule is CC(C)COc1ccc(Br)cc1C(=O)NC(=S)Nc1cccc([N+](=O)[O-])c1. The molecule has 2 N–H and O–H groups in total. The molecule has 0 spiro atoms. The average molecular weight is 452 g/mol. The Hall–Kier alpha value is -2.52. The van der Waals surface area contributed by atoms with Gasteiger partial charge in [-0.15, -0.1) is 0 Å². The van der Waals surface area contributed by atoms with Gasteiger partial charge in [-0.25, -0.2) is 0 Å². The number of nitrogens with zero attached hydrogens (tertiary/aromatic N) is 1. The number of halogens is 1. The van der Waals surface area contributed by atoms with Gasteiger partial charge in [-0.1, -0.05) is 35.8 Å². The number of thiocarbonyl (C=S) groups is 1. The van der Waals surface area contributed by atoms with Crippen molar-refractivity contribution >= 4 is 50.5 Å². The number of nitro groups is 1. The predicted octanol–water partition coefficient (Wildman–Crippen LogP) is 4.52. The lowest BCUT2D eigenvalue weighted by Crippen LogP contribution is -2.34. The standard InChI is InChI=1S/C18H18BrN3O4S/c1-11(2)10-26-16-7-6-12(19)8-15(16)17(23)21-18(27)20-13-4-3-5-14(9-13)22(24)25/h3-9,11H,10H2,1-2H3,(H2,20,21,23,27). The first-order chi connectivity index (χ1) is 12.8. The smallest absolute Gasteiger partial charge is 0.271 e. The predicted molar refractivity (Wildman–Crippen MR) is 111 cm³/mol. The first-order valence-corrected chi connectivity index (χ1v) is 9.25. The summed E-state index contributed by atoms with van der Waals surface area (Å²) in [6.07, 6.45) is 0. The summed E-state index contributed by atoms with van der Waals surface area (Å²) in [6, 6.07) is 11.0. The lowest BCUT2D eigenvalue weighted by molar-refractivity contribution is -0.384. The Morgan fingerprint density at radius 2 is 2.04 bits per heavy atom. The van der Waals surface area contributed by atoms with Crippen LogP contribution in [0.1, 0.15) is 24.2 Å². The minimum absolute atomic E-state index is 0.0234. The fourth-order valence-electron chi connectivity index (χ4n) is 2.09. The van der Waals surface area contributed by atoms with Crippen molar-refractivity contribution in [2.75, 3.05) is 11.9 Å². The van der Waals surface area contributed by atoms with Gasteiger partial charge in [-0.3, -0.25) is 20.2 Å². The summed E-state index contributed by atoms with van der Waals surface area (Å²) >= 11 is 8.48. The molecule has 27 heavy (non-hydrogen) atoms. The first-order valence-electron chi connectivity index (χ1n) is 8.05. The number of nitro benzene ring substituents is 1. The van der Waals surface area contributed by atoms with Crippen molar-refractivity contribution in [3.63, 3.8) is 0 Å². The van der Waals surface area contributed by atoms with Crippen molar-refractivity contribution in [2.24, 2.45) is 5.92 Å². The topological polar surface area (TPSA) is 93.5 Å². The summed E-state index contributed by atoms with van der Waals surface area (Å²) in [5.41, 5.74) is 0.652. The number of hydrogen-bond donors (Lipinski definition) is 2. The van der Waals surface area contributed by atoms with Gasteiger partial charge in [-0.2, -0.15) is 0 Å². The highest BCUT2D eigenvalue weighted by atomic mass is 79.9. The molecule has 0 atom stereocenters. The molecule has 0 saturated carbocycles. The molecule has 0 saturated heterocycles. The van der Waals surface area contributed by atoms with Crippen LogP contribution in [0.5, 0.6) is 5.75 Å². The Kier molecular flexibility index (Phi) is 7.26. The van der Waals surface area contributed by atoms with Crippen LogP contribution in [-0.2, 0) is 0 Å². The Balaban J connectivity index is 2.10. The Morgan fingerprint density at radius 3 is 2.70 bits per heavy atom. The van der Waals surface area contributed by atoms with Crippen molar-refractivity contribution in [3.05, 3.63) is 62.6 Å². The van der Waals surface area contributed by atoms with Crippen LogP contribution in [0.4, 0.5) is 11.4 Å². The third-order valence-electron chi connectivity index (χ3n) is 3.30. The lowest BCUT2D eigenvalue weighted by Gasteiger charge is -2.14. The fraction of sp³-hybridized carbons (Fsp3) is 0.222. The van der Waals surface area contributed by atoms with E-state index in [1.54, 1.807) is 24.3 Å². The van der Waals surface area contributed by atoms with E-state index < -0.39 is 10.8 Å². The number of amides is 1. The van der Waals surface area contributed by atoms with Crippen molar-refractivity contribution in [1.29, 1.82) is 0 Å². The van der Waals surface area contributed by atoms with E-state index in [4.69, 9.17) is 17.0 Å². The molecule has 0 aromatic heterocycles. The molecule has 0 aliphatic heterocycles. The summed E-state index contributed by atoms with van der Waals surface area (Å²) < 4.78 is 6.42. The molecule has 0 fully saturated rings. The third-order valence-corrected chi connectivity index (χ3v) is 4.00. The molecule has 1 amide bonds. The van der Waals surface area contributed by atoms with Crippen LogP contribution in [0.3, 0.4) is 0 Å². The van der Waals surface area contributed by atoms with Gasteiger partial charge in [-0.05, 0) is 42.4 Å². The van der Waals surface area contributed by atoms with Crippen LogP contribution in [0.25, 0.3) is 0 Å².